The third-order valence-electron chi connectivity index (χ3n) is 4.39. The molecule has 0 bridgehead atoms. The highest BCUT2D eigenvalue weighted by atomic mass is 32.2. The van der Waals surface area contributed by atoms with E-state index in [-0.39, 0.29) is 11.4 Å². The summed E-state index contributed by atoms with van der Waals surface area (Å²) in [6, 6.07) is 13.6. The molecule has 2 aromatic rings. The molecule has 0 aliphatic rings. The predicted octanol–water partition coefficient (Wildman–Crippen LogP) is 1.44. The summed E-state index contributed by atoms with van der Waals surface area (Å²) in [5.74, 6) is -1.70. The van der Waals surface area contributed by atoms with E-state index in [1.54, 1.807) is 36.4 Å². The minimum Gasteiger partial charge on any atom is -0.378 e. The monoisotopic (exact) mass is 403 g/mol. The van der Waals surface area contributed by atoms with Gasteiger partial charge in [0.1, 0.15) is 5.25 Å². The number of benzene rings is 2. The Kier molecular flexibility index (Phi) is 6.80. The summed E-state index contributed by atoms with van der Waals surface area (Å²) in [7, 11) is 1.32. The van der Waals surface area contributed by atoms with Gasteiger partial charge in [0.05, 0.1) is 4.90 Å². The van der Waals surface area contributed by atoms with E-state index in [2.05, 4.69) is 10.6 Å². The summed E-state index contributed by atoms with van der Waals surface area (Å²) in [6.07, 6.45) is 0. The lowest BCUT2D eigenvalue weighted by Crippen LogP contribution is -2.41. The molecule has 1 atom stereocenters. The Morgan fingerprint density at radius 1 is 0.964 bits per heavy atom. The van der Waals surface area contributed by atoms with E-state index >= 15 is 0 Å². The number of nitrogens with zero attached hydrogens (tertiary/aromatic N) is 1. The Morgan fingerprint density at radius 3 is 2.04 bits per heavy atom. The summed E-state index contributed by atoms with van der Waals surface area (Å²) in [4.78, 5) is 25.4. The van der Waals surface area contributed by atoms with Crippen LogP contribution in [0.3, 0.4) is 0 Å². The minimum absolute atomic E-state index is 0.161. The number of anilines is 1. The molecule has 0 fully saturated rings. The van der Waals surface area contributed by atoms with E-state index in [4.69, 9.17) is 0 Å². The number of aryl methyl sites for hydroxylation is 1. The SMILES string of the molecule is CNC(=O)C(=O)NC[C@@H](c1ccc(N(C)C)cc1)S(=O)(=O)c1ccc(C)cc1. The van der Waals surface area contributed by atoms with Crippen LogP contribution in [0.2, 0.25) is 0 Å². The molecule has 0 saturated carbocycles. The maximum atomic E-state index is 13.3. The standard InChI is InChI=1S/C20H25N3O4S/c1-14-5-11-17(12-6-14)28(26,27)18(13-22-20(25)19(24)21-2)15-7-9-16(10-8-15)23(3)4/h5-12,18H,13H2,1-4H3,(H,21,24)(H,22,25)/t18-/m0/s1. The maximum absolute atomic E-state index is 13.3. The zero-order chi connectivity index (χ0) is 20.9. The van der Waals surface area contributed by atoms with Crippen LogP contribution in [0.25, 0.3) is 0 Å². The van der Waals surface area contributed by atoms with Crippen LogP contribution >= 0.6 is 0 Å². The highest BCUT2D eigenvalue weighted by Gasteiger charge is 2.30. The molecule has 2 amide bonds. The number of likely N-dealkylation sites (N-methyl/N-ethyl adjacent to an activating group) is 1. The summed E-state index contributed by atoms with van der Waals surface area (Å²) in [5.41, 5.74) is 2.40. The van der Waals surface area contributed by atoms with E-state index in [9.17, 15) is 18.0 Å². The molecule has 0 aliphatic carbocycles. The molecule has 2 rings (SSSR count). The van der Waals surface area contributed by atoms with E-state index < -0.39 is 26.9 Å². The summed E-state index contributed by atoms with van der Waals surface area (Å²) in [6.45, 7) is 1.65. The molecule has 0 saturated heterocycles. The Hall–Kier alpha value is -2.87. The Labute approximate surface area is 165 Å². The zero-order valence-electron chi connectivity index (χ0n) is 16.4. The summed E-state index contributed by atoms with van der Waals surface area (Å²) in [5, 5.41) is 3.61. The van der Waals surface area contributed by atoms with Crippen molar-refractivity contribution >= 4 is 27.3 Å². The first-order valence-corrected chi connectivity index (χ1v) is 10.3. The van der Waals surface area contributed by atoms with Crippen molar-refractivity contribution in [3.63, 3.8) is 0 Å². The Balaban J connectivity index is 2.41. The predicted molar refractivity (Wildman–Crippen MR) is 109 cm³/mol. The van der Waals surface area contributed by atoms with Gasteiger partial charge in [-0.05, 0) is 36.8 Å². The lowest BCUT2D eigenvalue weighted by atomic mass is 10.1. The van der Waals surface area contributed by atoms with Gasteiger partial charge in [-0.3, -0.25) is 9.59 Å². The van der Waals surface area contributed by atoms with Gasteiger partial charge in [0.15, 0.2) is 9.84 Å². The molecule has 7 nitrogen and oxygen atoms in total. The summed E-state index contributed by atoms with van der Waals surface area (Å²) < 4.78 is 26.5. The van der Waals surface area contributed by atoms with Crippen molar-refractivity contribution in [1.82, 2.24) is 10.6 Å². The normalized spacial score (nSPS) is 12.1. The fourth-order valence-electron chi connectivity index (χ4n) is 2.67. The van der Waals surface area contributed by atoms with Gasteiger partial charge >= 0.3 is 11.8 Å². The number of rotatable bonds is 6. The van der Waals surface area contributed by atoms with Crippen LogP contribution in [-0.4, -0.2) is 47.9 Å². The number of hydrogen-bond acceptors (Lipinski definition) is 5. The fraction of sp³-hybridized carbons (Fsp3) is 0.300. The zero-order valence-corrected chi connectivity index (χ0v) is 17.2. The van der Waals surface area contributed by atoms with Gasteiger partial charge < -0.3 is 15.5 Å². The fourth-order valence-corrected chi connectivity index (χ4v) is 4.33. The molecular weight excluding hydrogens is 378 g/mol. The van der Waals surface area contributed by atoms with Gasteiger partial charge in [-0.2, -0.15) is 0 Å². The van der Waals surface area contributed by atoms with Gasteiger partial charge in [-0.25, -0.2) is 8.42 Å². The highest BCUT2D eigenvalue weighted by Crippen LogP contribution is 2.30. The second kappa shape index (κ2) is 8.88. The van der Waals surface area contributed by atoms with Crippen molar-refractivity contribution in [2.75, 3.05) is 32.6 Å². The third-order valence-corrected chi connectivity index (χ3v) is 6.50. The summed E-state index contributed by atoms with van der Waals surface area (Å²) >= 11 is 0. The first-order valence-electron chi connectivity index (χ1n) is 8.74. The first kappa shape index (κ1) is 21.4. The van der Waals surface area contributed by atoms with Crippen molar-refractivity contribution in [2.45, 2.75) is 17.1 Å². The van der Waals surface area contributed by atoms with Crippen molar-refractivity contribution in [3.8, 4) is 0 Å². The minimum atomic E-state index is -3.79. The average Bonchev–Trinajstić information content (AvgIpc) is 2.67. The average molecular weight is 404 g/mol. The van der Waals surface area contributed by atoms with E-state index in [1.807, 2.05) is 38.1 Å². The highest BCUT2D eigenvalue weighted by molar-refractivity contribution is 7.91. The molecule has 0 heterocycles. The van der Waals surface area contributed by atoms with Crippen molar-refractivity contribution in [2.24, 2.45) is 0 Å². The molecule has 8 heteroatoms. The Bertz CT molecular complexity index is 936. The van der Waals surface area contributed by atoms with Crippen LogP contribution < -0.4 is 15.5 Å². The number of nitrogens with one attached hydrogen (secondary N) is 2. The molecule has 0 spiro atoms. The second-order valence-corrected chi connectivity index (χ2v) is 8.75. The molecule has 0 aromatic heterocycles. The molecular formula is C20H25N3O4S. The number of carbonyl (C=O) groups is 2. The van der Waals surface area contributed by atoms with Crippen LogP contribution in [0.15, 0.2) is 53.4 Å². The van der Waals surface area contributed by atoms with E-state index in [0.29, 0.717) is 5.56 Å². The Morgan fingerprint density at radius 2 is 1.54 bits per heavy atom. The van der Waals surface area contributed by atoms with Crippen molar-refractivity contribution in [3.05, 3.63) is 59.7 Å². The van der Waals surface area contributed by atoms with Gasteiger partial charge in [-0.1, -0.05) is 29.8 Å². The molecule has 2 aromatic carbocycles. The van der Waals surface area contributed by atoms with E-state index in [1.165, 1.54) is 7.05 Å². The van der Waals surface area contributed by atoms with Crippen molar-refractivity contribution < 1.29 is 18.0 Å². The van der Waals surface area contributed by atoms with E-state index in [0.717, 1.165) is 11.3 Å². The van der Waals surface area contributed by atoms with Crippen LogP contribution in [0.4, 0.5) is 5.69 Å². The number of carbonyl (C=O) groups excluding carboxylic acids is 2. The quantitative estimate of drug-likeness (QED) is 0.712. The van der Waals surface area contributed by atoms with Gasteiger partial charge in [0.2, 0.25) is 0 Å². The lowest BCUT2D eigenvalue weighted by molar-refractivity contribution is -0.138. The van der Waals surface area contributed by atoms with Crippen LogP contribution in [0, 0.1) is 6.92 Å². The maximum Gasteiger partial charge on any atom is 0.309 e. The molecule has 0 aliphatic heterocycles. The third kappa shape index (κ3) is 4.89. The van der Waals surface area contributed by atoms with Gasteiger partial charge in [0.25, 0.3) is 0 Å². The molecule has 0 radical (unpaired) electrons. The topological polar surface area (TPSA) is 95.6 Å². The number of hydrogen-bond donors (Lipinski definition) is 2. The molecule has 0 unspecified atom stereocenters. The number of amides is 2. The molecule has 150 valence electrons. The van der Waals surface area contributed by atoms with Crippen molar-refractivity contribution in [1.29, 1.82) is 0 Å². The second-order valence-electron chi connectivity index (χ2n) is 6.62. The largest absolute Gasteiger partial charge is 0.378 e. The molecule has 2 N–H and O–H groups in total. The first-order chi connectivity index (χ1) is 13.2. The van der Waals surface area contributed by atoms with Crippen LogP contribution in [0.5, 0.6) is 0 Å². The van der Waals surface area contributed by atoms with Gasteiger partial charge in [0, 0.05) is 33.4 Å². The number of sulfone groups is 1. The van der Waals surface area contributed by atoms with Crippen LogP contribution in [-0.2, 0) is 19.4 Å². The lowest BCUT2D eigenvalue weighted by Gasteiger charge is -2.20. The smallest absolute Gasteiger partial charge is 0.309 e. The van der Waals surface area contributed by atoms with Gasteiger partial charge in [-0.15, -0.1) is 0 Å². The van der Waals surface area contributed by atoms with Crippen LogP contribution in [0.1, 0.15) is 16.4 Å². The molecule has 28 heavy (non-hydrogen) atoms.